The minimum Gasteiger partial charge on any atom is -0.497 e. The van der Waals surface area contributed by atoms with Gasteiger partial charge in [-0.1, -0.05) is 25.0 Å². The first-order valence-corrected chi connectivity index (χ1v) is 16.4. The largest absolute Gasteiger partial charge is 0.497 e. The summed E-state index contributed by atoms with van der Waals surface area (Å²) in [5.41, 5.74) is 4.40. The summed E-state index contributed by atoms with van der Waals surface area (Å²) in [5.74, 6) is 1.19. The van der Waals surface area contributed by atoms with Gasteiger partial charge in [-0.3, -0.25) is 4.79 Å². The molecule has 2 aromatic carbocycles. The average Bonchev–Trinajstić information content (AvgIpc) is 3.63. The second-order valence-electron chi connectivity index (χ2n) is 11.8. The summed E-state index contributed by atoms with van der Waals surface area (Å²) in [7, 11) is -1.31. The van der Waals surface area contributed by atoms with Gasteiger partial charge in [-0.15, -0.1) is 0 Å². The maximum Gasteiger partial charge on any atom is 0.153 e. The van der Waals surface area contributed by atoms with E-state index in [1.165, 1.54) is 0 Å². The van der Waals surface area contributed by atoms with Crippen molar-refractivity contribution < 1.29 is 17.9 Å². The van der Waals surface area contributed by atoms with Crippen LogP contribution in [0.1, 0.15) is 56.6 Å². The molecule has 0 N–H and O–H groups in total. The van der Waals surface area contributed by atoms with Crippen LogP contribution in [0.15, 0.2) is 54.7 Å². The first-order chi connectivity index (χ1) is 19.8. The van der Waals surface area contributed by atoms with Gasteiger partial charge in [-0.25, -0.2) is 13.1 Å². The number of hydrogen-bond acceptors (Lipinski definition) is 7. The number of rotatable bonds is 8. The summed E-state index contributed by atoms with van der Waals surface area (Å²) >= 11 is 0. The molecule has 6 rings (SSSR count). The summed E-state index contributed by atoms with van der Waals surface area (Å²) in [6, 6.07) is 18.4. The summed E-state index contributed by atoms with van der Waals surface area (Å²) in [4.78, 5) is 15.7. The van der Waals surface area contributed by atoms with E-state index in [-0.39, 0.29) is 29.1 Å². The predicted octanol–water partition coefficient (Wildman–Crippen LogP) is 5.32. The first kappa shape index (κ1) is 27.5. The highest BCUT2D eigenvalue weighted by atomic mass is 32.2. The Hall–Kier alpha value is -3.64. The molecule has 9 heteroatoms. The van der Waals surface area contributed by atoms with E-state index in [0.717, 1.165) is 72.5 Å². The SMILES string of the molecule is COc1ccc(-n2cc(-c3ccc(N4CCS(=O)(=O)CC4)cc3)c([C@@H]3CCCC[C@H]3C(=O)CC3(C#N)CC3)n2)cc1. The molecule has 2 saturated carbocycles. The fraction of sp³-hybridized carbons (Fsp3) is 0.469. The predicted molar refractivity (Wildman–Crippen MR) is 158 cm³/mol. The van der Waals surface area contributed by atoms with E-state index in [2.05, 4.69) is 35.2 Å². The van der Waals surface area contributed by atoms with Crippen LogP contribution in [-0.4, -0.2) is 55.7 Å². The zero-order chi connectivity index (χ0) is 28.6. The molecule has 0 unspecified atom stereocenters. The molecule has 0 spiro atoms. The second-order valence-corrected chi connectivity index (χ2v) is 14.1. The Balaban J connectivity index is 1.35. The van der Waals surface area contributed by atoms with Gasteiger partial charge < -0.3 is 9.64 Å². The quantitative estimate of drug-likeness (QED) is 0.360. The average molecular weight is 573 g/mol. The molecule has 41 heavy (non-hydrogen) atoms. The lowest BCUT2D eigenvalue weighted by Gasteiger charge is -2.31. The Morgan fingerprint density at radius 1 is 1.02 bits per heavy atom. The summed E-state index contributed by atoms with van der Waals surface area (Å²) < 4.78 is 31.0. The van der Waals surface area contributed by atoms with Gasteiger partial charge >= 0.3 is 0 Å². The molecular formula is C32H36N4O4S. The third-order valence-electron chi connectivity index (χ3n) is 9.10. The van der Waals surface area contributed by atoms with E-state index < -0.39 is 15.3 Å². The molecule has 214 valence electrons. The molecule has 0 radical (unpaired) electrons. The number of sulfone groups is 1. The van der Waals surface area contributed by atoms with Crippen LogP contribution in [0.3, 0.4) is 0 Å². The van der Waals surface area contributed by atoms with Crippen LogP contribution in [-0.2, 0) is 14.6 Å². The minimum atomic E-state index is -2.95. The van der Waals surface area contributed by atoms with Crippen LogP contribution < -0.4 is 9.64 Å². The van der Waals surface area contributed by atoms with E-state index in [4.69, 9.17) is 9.84 Å². The van der Waals surface area contributed by atoms with Crippen molar-refractivity contribution in [1.82, 2.24) is 9.78 Å². The van der Waals surface area contributed by atoms with Gasteiger partial charge in [0.25, 0.3) is 0 Å². The standard InChI is InChI=1S/C32H36N4O4S/c1-40-26-12-10-25(11-13-26)36-21-29(23-6-8-24(9-7-23)35-16-18-41(38,39)19-17-35)31(34-36)28-5-3-2-4-27(28)30(37)20-32(22-33)14-15-32/h6-13,21,27-28H,2-5,14-20H2,1H3/t27-,28-/m1/s1. The van der Waals surface area contributed by atoms with E-state index in [0.29, 0.717) is 19.5 Å². The second kappa shape index (κ2) is 11.0. The van der Waals surface area contributed by atoms with Crippen LogP contribution in [0.2, 0.25) is 0 Å². The van der Waals surface area contributed by atoms with Crippen LogP contribution in [0.4, 0.5) is 5.69 Å². The monoisotopic (exact) mass is 572 g/mol. The van der Waals surface area contributed by atoms with Crippen LogP contribution >= 0.6 is 0 Å². The number of Topliss-reactive ketones (excluding diaryl/α,β-unsaturated/α-hetero) is 1. The van der Waals surface area contributed by atoms with Crippen LogP contribution in [0.5, 0.6) is 5.75 Å². The summed E-state index contributed by atoms with van der Waals surface area (Å²) in [6.45, 7) is 0.997. The number of aromatic nitrogens is 2. The molecule has 3 aliphatic rings. The smallest absolute Gasteiger partial charge is 0.153 e. The number of carbonyl (C=O) groups is 1. The molecular weight excluding hydrogens is 536 g/mol. The number of nitrogens with zero attached hydrogens (tertiary/aromatic N) is 4. The van der Waals surface area contributed by atoms with Crippen molar-refractivity contribution >= 4 is 21.3 Å². The molecule has 8 nitrogen and oxygen atoms in total. The van der Waals surface area contributed by atoms with E-state index >= 15 is 0 Å². The topological polar surface area (TPSA) is 105 Å². The number of benzene rings is 2. The van der Waals surface area contributed by atoms with Crippen LogP contribution in [0.25, 0.3) is 16.8 Å². The van der Waals surface area contributed by atoms with Crippen molar-refractivity contribution in [3.63, 3.8) is 0 Å². The van der Waals surface area contributed by atoms with E-state index in [1.807, 2.05) is 35.1 Å². The zero-order valence-corrected chi connectivity index (χ0v) is 24.3. The van der Waals surface area contributed by atoms with Crippen LogP contribution in [0, 0.1) is 22.7 Å². The Morgan fingerprint density at radius 3 is 2.32 bits per heavy atom. The molecule has 2 heterocycles. The molecule has 0 amide bonds. The molecule has 3 fully saturated rings. The highest BCUT2D eigenvalue weighted by molar-refractivity contribution is 7.91. The Bertz CT molecular complexity index is 1550. The first-order valence-electron chi connectivity index (χ1n) is 14.5. The Kier molecular flexibility index (Phi) is 7.37. The number of carbonyl (C=O) groups excluding carboxylic acids is 1. The lowest BCUT2D eigenvalue weighted by Crippen LogP contribution is -2.40. The van der Waals surface area contributed by atoms with Gasteiger partial charge in [0.15, 0.2) is 9.84 Å². The lowest BCUT2D eigenvalue weighted by molar-refractivity contribution is -0.125. The van der Waals surface area contributed by atoms with Crippen molar-refractivity contribution in [2.75, 3.05) is 36.6 Å². The van der Waals surface area contributed by atoms with Crippen molar-refractivity contribution in [2.45, 2.75) is 50.9 Å². The zero-order valence-electron chi connectivity index (χ0n) is 23.5. The van der Waals surface area contributed by atoms with Crippen molar-refractivity contribution in [1.29, 1.82) is 5.26 Å². The summed E-state index contributed by atoms with van der Waals surface area (Å²) in [6.07, 6.45) is 7.82. The van der Waals surface area contributed by atoms with Crippen molar-refractivity contribution in [3.8, 4) is 28.6 Å². The van der Waals surface area contributed by atoms with Crippen molar-refractivity contribution in [3.05, 3.63) is 60.4 Å². The number of ketones is 1. The van der Waals surface area contributed by atoms with E-state index in [9.17, 15) is 18.5 Å². The molecule has 3 aromatic rings. The van der Waals surface area contributed by atoms with Gasteiger partial charge in [0.2, 0.25) is 0 Å². The molecule has 2 aliphatic carbocycles. The molecule has 1 aliphatic heterocycles. The minimum absolute atomic E-state index is 0.00720. The maximum atomic E-state index is 13.6. The fourth-order valence-electron chi connectivity index (χ4n) is 6.36. The van der Waals surface area contributed by atoms with Gasteiger partial charge in [-0.2, -0.15) is 10.4 Å². The normalized spacial score (nSPS) is 23.0. The van der Waals surface area contributed by atoms with Gasteiger partial charge in [0.05, 0.1) is 41.5 Å². The Labute approximate surface area is 241 Å². The van der Waals surface area contributed by atoms with Gasteiger partial charge in [-0.05, 0) is 67.6 Å². The van der Waals surface area contributed by atoms with Crippen molar-refractivity contribution in [2.24, 2.45) is 11.3 Å². The summed E-state index contributed by atoms with van der Waals surface area (Å²) in [5, 5.41) is 14.7. The molecule has 1 aromatic heterocycles. The molecule has 0 bridgehead atoms. The number of nitriles is 1. The molecule has 1 saturated heterocycles. The Morgan fingerprint density at radius 2 is 1.68 bits per heavy atom. The highest BCUT2D eigenvalue weighted by Gasteiger charge is 2.47. The number of ether oxygens (including phenoxy) is 1. The number of anilines is 1. The van der Waals surface area contributed by atoms with E-state index in [1.54, 1.807) is 7.11 Å². The number of hydrogen-bond donors (Lipinski definition) is 0. The maximum absolute atomic E-state index is 13.6. The van der Waals surface area contributed by atoms with Gasteiger partial charge in [0, 0.05) is 48.8 Å². The van der Waals surface area contributed by atoms with Gasteiger partial charge in [0.1, 0.15) is 11.5 Å². The third kappa shape index (κ3) is 5.76. The fourth-order valence-corrected chi connectivity index (χ4v) is 7.56. The molecule has 2 atom stereocenters. The third-order valence-corrected chi connectivity index (χ3v) is 10.7. The number of methoxy groups -OCH3 is 1. The lowest BCUT2D eigenvalue weighted by atomic mass is 9.72. The highest BCUT2D eigenvalue weighted by Crippen LogP contribution is 2.51.